The summed E-state index contributed by atoms with van der Waals surface area (Å²) in [6.07, 6.45) is 2.01. The van der Waals surface area contributed by atoms with Gasteiger partial charge < -0.3 is 14.6 Å². The van der Waals surface area contributed by atoms with Gasteiger partial charge in [-0.25, -0.2) is 4.79 Å². The summed E-state index contributed by atoms with van der Waals surface area (Å²) in [5, 5.41) is 17.1. The number of ether oxygens (including phenoxy) is 2. The molecule has 0 aliphatic rings. The molecule has 0 fully saturated rings. The predicted octanol–water partition coefficient (Wildman–Crippen LogP) is 1.35. The van der Waals surface area contributed by atoms with Gasteiger partial charge in [0.2, 0.25) is 0 Å². The van der Waals surface area contributed by atoms with E-state index in [1.165, 1.54) is 0 Å². The normalized spacial score (nSPS) is 13.2. The van der Waals surface area contributed by atoms with Crippen LogP contribution in [0.25, 0.3) is 0 Å². The summed E-state index contributed by atoms with van der Waals surface area (Å²) in [5.41, 5.74) is 0.117. The molecule has 0 saturated carbocycles. The Morgan fingerprint density at radius 1 is 1.62 bits per heavy atom. The van der Waals surface area contributed by atoms with Crippen molar-refractivity contribution in [1.82, 2.24) is 0 Å². The molecule has 0 bridgehead atoms. The van der Waals surface area contributed by atoms with Gasteiger partial charge in [-0.2, -0.15) is 5.26 Å². The van der Waals surface area contributed by atoms with Crippen LogP contribution in [0.5, 0.6) is 0 Å². The summed E-state index contributed by atoms with van der Waals surface area (Å²) in [6, 6.07) is 1.71. The van der Waals surface area contributed by atoms with Crippen LogP contribution in [0.2, 0.25) is 0 Å². The highest BCUT2D eigenvalue weighted by molar-refractivity contribution is 5.87. The van der Waals surface area contributed by atoms with Crippen molar-refractivity contribution in [3.05, 3.63) is 11.6 Å². The van der Waals surface area contributed by atoms with Crippen molar-refractivity contribution in [3.63, 3.8) is 0 Å². The Labute approximate surface area is 95.3 Å². The maximum Gasteiger partial charge on any atom is 0.332 e. The standard InChI is InChI=1S/C11H17NO4/c1-9(15-2)8-16-7-3-4-10(5-6-12)11(13)14/h5,9H,3-4,7-8H2,1-2H3,(H,13,14). The van der Waals surface area contributed by atoms with Gasteiger partial charge in [0, 0.05) is 25.4 Å². The van der Waals surface area contributed by atoms with E-state index in [-0.39, 0.29) is 11.7 Å². The van der Waals surface area contributed by atoms with Gasteiger partial charge in [0.1, 0.15) is 0 Å². The Hall–Kier alpha value is -1.38. The number of methoxy groups -OCH3 is 1. The Bertz CT molecular complexity index is 280. The highest BCUT2D eigenvalue weighted by Crippen LogP contribution is 2.05. The zero-order valence-corrected chi connectivity index (χ0v) is 9.60. The molecule has 90 valence electrons. The third kappa shape index (κ3) is 6.98. The van der Waals surface area contributed by atoms with Crippen LogP contribution >= 0.6 is 0 Å². The van der Waals surface area contributed by atoms with Crippen molar-refractivity contribution in [2.45, 2.75) is 25.9 Å². The summed E-state index contributed by atoms with van der Waals surface area (Å²) in [6.45, 7) is 2.84. The van der Waals surface area contributed by atoms with Crippen molar-refractivity contribution >= 4 is 5.97 Å². The molecule has 0 rings (SSSR count). The first kappa shape index (κ1) is 14.6. The third-order valence-electron chi connectivity index (χ3n) is 2.00. The largest absolute Gasteiger partial charge is 0.478 e. The fourth-order valence-electron chi connectivity index (χ4n) is 1.00. The van der Waals surface area contributed by atoms with Gasteiger partial charge in [0.25, 0.3) is 0 Å². The number of aliphatic carboxylic acids is 1. The average molecular weight is 227 g/mol. The first-order valence-corrected chi connectivity index (χ1v) is 5.04. The summed E-state index contributed by atoms with van der Waals surface area (Å²) in [5.74, 6) is -1.05. The molecule has 0 aliphatic carbocycles. The minimum atomic E-state index is -1.05. The first-order valence-electron chi connectivity index (χ1n) is 5.04. The van der Waals surface area contributed by atoms with E-state index in [2.05, 4.69) is 0 Å². The molecular weight excluding hydrogens is 210 g/mol. The number of carboxylic acids is 1. The van der Waals surface area contributed by atoms with Gasteiger partial charge in [-0.05, 0) is 19.8 Å². The quantitative estimate of drug-likeness (QED) is 0.384. The smallest absolute Gasteiger partial charge is 0.332 e. The lowest BCUT2D eigenvalue weighted by atomic mass is 10.1. The monoisotopic (exact) mass is 227 g/mol. The Morgan fingerprint density at radius 3 is 2.81 bits per heavy atom. The summed E-state index contributed by atoms with van der Waals surface area (Å²) >= 11 is 0. The average Bonchev–Trinajstić information content (AvgIpc) is 2.26. The lowest BCUT2D eigenvalue weighted by Gasteiger charge is -2.09. The van der Waals surface area contributed by atoms with Crippen LogP contribution in [0, 0.1) is 11.3 Å². The third-order valence-corrected chi connectivity index (χ3v) is 2.00. The van der Waals surface area contributed by atoms with E-state index in [9.17, 15) is 4.79 Å². The molecule has 0 radical (unpaired) electrons. The van der Waals surface area contributed by atoms with Crippen molar-refractivity contribution in [3.8, 4) is 6.07 Å². The second-order valence-corrected chi connectivity index (χ2v) is 3.33. The van der Waals surface area contributed by atoms with Crippen molar-refractivity contribution in [1.29, 1.82) is 5.26 Å². The van der Waals surface area contributed by atoms with E-state index in [1.54, 1.807) is 13.2 Å². The molecule has 0 heterocycles. The van der Waals surface area contributed by atoms with Crippen LogP contribution < -0.4 is 0 Å². The molecule has 1 unspecified atom stereocenters. The number of nitrogens with zero attached hydrogens (tertiary/aromatic N) is 1. The number of rotatable bonds is 8. The van der Waals surface area contributed by atoms with Crippen LogP contribution in [-0.4, -0.2) is 37.5 Å². The zero-order valence-electron chi connectivity index (χ0n) is 9.60. The molecule has 5 nitrogen and oxygen atoms in total. The topological polar surface area (TPSA) is 79.5 Å². The Morgan fingerprint density at radius 2 is 2.31 bits per heavy atom. The molecular formula is C11H17NO4. The van der Waals surface area contributed by atoms with Crippen LogP contribution in [0.1, 0.15) is 19.8 Å². The second-order valence-electron chi connectivity index (χ2n) is 3.33. The summed E-state index contributed by atoms with van der Waals surface area (Å²) in [4.78, 5) is 10.6. The van der Waals surface area contributed by atoms with E-state index in [1.807, 2.05) is 6.92 Å². The molecule has 0 spiro atoms. The molecule has 0 amide bonds. The number of hydrogen-bond donors (Lipinski definition) is 1. The van der Waals surface area contributed by atoms with Crippen molar-refractivity contribution in [2.75, 3.05) is 20.3 Å². The maximum absolute atomic E-state index is 10.6. The van der Waals surface area contributed by atoms with Gasteiger partial charge in [0.15, 0.2) is 0 Å². The maximum atomic E-state index is 10.6. The van der Waals surface area contributed by atoms with Crippen LogP contribution in [0.4, 0.5) is 0 Å². The van der Waals surface area contributed by atoms with Crippen LogP contribution in [-0.2, 0) is 14.3 Å². The molecule has 16 heavy (non-hydrogen) atoms. The van der Waals surface area contributed by atoms with E-state index < -0.39 is 5.97 Å². The fourth-order valence-corrected chi connectivity index (χ4v) is 1.00. The molecule has 0 aliphatic heterocycles. The highest BCUT2D eigenvalue weighted by Gasteiger charge is 2.06. The number of carbonyl (C=O) groups is 1. The number of nitriles is 1. The van der Waals surface area contributed by atoms with Crippen molar-refractivity contribution in [2.24, 2.45) is 0 Å². The molecule has 1 N–H and O–H groups in total. The minimum Gasteiger partial charge on any atom is -0.478 e. The van der Waals surface area contributed by atoms with Gasteiger partial charge in [0.05, 0.1) is 18.8 Å². The lowest BCUT2D eigenvalue weighted by molar-refractivity contribution is -0.132. The second kappa shape index (κ2) is 8.89. The minimum absolute atomic E-state index is 0.0357. The highest BCUT2D eigenvalue weighted by atomic mass is 16.5. The molecule has 0 aromatic heterocycles. The number of allylic oxidation sites excluding steroid dienone is 1. The molecule has 0 aromatic carbocycles. The number of hydrogen-bond acceptors (Lipinski definition) is 4. The summed E-state index contributed by atoms with van der Waals surface area (Å²) < 4.78 is 10.2. The fraction of sp³-hybridized carbons (Fsp3) is 0.636. The van der Waals surface area contributed by atoms with Crippen molar-refractivity contribution < 1.29 is 19.4 Å². The van der Waals surface area contributed by atoms with Gasteiger partial charge in [-0.3, -0.25) is 0 Å². The van der Waals surface area contributed by atoms with Gasteiger partial charge in [-0.15, -0.1) is 0 Å². The van der Waals surface area contributed by atoms with Crippen LogP contribution in [0.15, 0.2) is 11.6 Å². The van der Waals surface area contributed by atoms with E-state index in [0.29, 0.717) is 26.1 Å². The molecule has 0 saturated heterocycles. The first-order chi connectivity index (χ1) is 7.61. The van der Waals surface area contributed by atoms with Gasteiger partial charge >= 0.3 is 5.97 Å². The van der Waals surface area contributed by atoms with Gasteiger partial charge in [-0.1, -0.05) is 0 Å². The van der Waals surface area contributed by atoms with E-state index in [0.717, 1.165) is 6.08 Å². The predicted molar refractivity (Wildman–Crippen MR) is 57.9 cm³/mol. The Balaban J connectivity index is 3.69. The van der Waals surface area contributed by atoms with E-state index >= 15 is 0 Å². The zero-order chi connectivity index (χ0) is 12.4. The molecule has 1 atom stereocenters. The lowest BCUT2D eigenvalue weighted by Crippen LogP contribution is -2.14. The summed E-state index contributed by atoms with van der Waals surface area (Å²) in [7, 11) is 1.60. The SMILES string of the molecule is COC(C)COCCCC(=CC#N)C(=O)O. The Kier molecular flexibility index (Phi) is 8.12. The van der Waals surface area contributed by atoms with E-state index in [4.69, 9.17) is 19.8 Å². The molecule has 5 heteroatoms. The van der Waals surface area contributed by atoms with Crippen LogP contribution in [0.3, 0.4) is 0 Å². The number of carboxylic acid groups (broad SMARTS) is 1. The molecule has 0 aromatic rings.